The van der Waals surface area contributed by atoms with E-state index in [1.54, 1.807) is 31.5 Å². The molecule has 3 aromatic heterocycles. The van der Waals surface area contributed by atoms with Crippen molar-refractivity contribution in [3.05, 3.63) is 76.3 Å². The minimum atomic E-state index is -0.535. The lowest BCUT2D eigenvalue weighted by atomic mass is 9.95. The first-order chi connectivity index (χ1) is 17.1. The molecule has 0 spiro atoms. The molecular formula is C25H22N4O5S. The van der Waals surface area contributed by atoms with Crippen molar-refractivity contribution in [1.29, 1.82) is 0 Å². The van der Waals surface area contributed by atoms with Gasteiger partial charge in [0.15, 0.2) is 6.61 Å². The molecule has 0 atom stereocenters. The average Bonchev–Trinajstić information content (AvgIpc) is 3.52. The fourth-order valence-corrected chi connectivity index (χ4v) is 5.21. The lowest BCUT2D eigenvalue weighted by molar-refractivity contribution is 0.0430. The smallest absolute Gasteiger partial charge is 0.341 e. The van der Waals surface area contributed by atoms with Crippen LogP contribution in [0.5, 0.6) is 5.75 Å². The first-order valence-electron chi connectivity index (χ1n) is 11.1. The summed E-state index contributed by atoms with van der Waals surface area (Å²) in [6.07, 6.45) is 6.74. The van der Waals surface area contributed by atoms with Crippen molar-refractivity contribution in [3.8, 4) is 17.1 Å². The van der Waals surface area contributed by atoms with Gasteiger partial charge in [-0.2, -0.15) is 4.98 Å². The van der Waals surface area contributed by atoms with Gasteiger partial charge in [-0.1, -0.05) is 17.3 Å². The fourth-order valence-electron chi connectivity index (χ4n) is 3.93. The summed E-state index contributed by atoms with van der Waals surface area (Å²) in [5, 5.41) is 7.33. The Morgan fingerprint density at radius 1 is 1.17 bits per heavy atom. The molecule has 178 valence electrons. The molecule has 0 saturated heterocycles. The molecule has 1 N–H and O–H groups in total. The van der Waals surface area contributed by atoms with Crippen LogP contribution in [0.4, 0.5) is 5.00 Å². The van der Waals surface area contributed by atoms with Crippen LogP contribution >= 0.6 is 11.3 Å². The summed E-state index contributed by atoms with van der Waals surface area (Å²) in [7, 11) is 1.58. The lowest BCUT2D eigenvalue weighted by Crippen LogP contribution is -2.16. The van der Waals surface area contributed by atoms with Crippen LogP contribution in [0.2, 0.25) is 0 Å². The van der Waals surface area contributed by atoms with E-state index in [-0.39, 0.29) is 18.4 Å². The van der Waals surface area contributed by atoms with E-state index in [1.807, 2.05) is 18.2 Å². The molecule has 0 saturated carbocycles. The van der Waals surface area contributed by atoms with Gasteiger partial charge in [-0.15, -0.1) is 11.3 Å². The number of pyridine rings is 1. The third-order valence-corrected chi connectivity index (χ3v) is 6.86. The molecule has 1 aliphatic carbocycles. The normalized spacial score (nSPS) is 12.6. The molecule has 35 heavy (non-hydrogen) atoms. The van der Waals surface area contributed by atoms with E-state index in [4.69, 9.17) is 14.0 Å². The van der Waals surface area contributed by atoms with Gasteiger partial charge in [-0.05, 0) is 55.5 Å². The summed E-state index contributed by atoms with van der Waals surface area (Å²) in [6, 6.07) is 10.6. The number of anilines is 1. The first-order valence-corrected chi connectivity index (χ1v) is 11.9. The molecule has 1 aliphatic rings. The second-order valence-electron chi connectivity index (χ2n) is 7.93. The molecule has 0 bridgehead atoms. The zero-order valence-electron chi connectivity index (χ0n) is 18.9. The second-order valence-corrected chi connectivity index (χ2v) is 9.04. The number of fused-ring (bicyclic) bond motifs is 1. The van der Waals surface area contributed by atoms with E-state index in [9.17, 15) is 9.59 Å². The predicted molar refractivity (Wildman–Crippen MR) is 129 cm³/mol. The SMILES string of the molecule is COc1cccc(-c2noc(COC(=O)c3c(NC(=O)c4cccnc4)sc4c3CCCC4)n2)c1. The van der Waals surface area contributed by atoms with Crippen LogP contribution in [0.3, 0.4) is 0 Å². The standard InChI is InChI=1S/C25H22N4O5S/c1-32-17-8-4-6-15(12-17)22-27-20(34-29-22)14-33-25(31)21-18-9-2-3-10-19(18)35-24(21)28-23(30)16-7-5-11-26-13-16/h4-8,11-13H,2-3,9-10,14H2,1H3,(H,28,30). The largest absolute Gasteiger partial charge is 0.497 e. The molecule has 0 radical (unpaired) electrons. The fraction of sp³-hybridized carbons (Fsp3) is 0.240. The van der Waals surface area contributed by atoms with Crippen molar-refractivity contribution in [1.82, 2.24) is 15.1 Å². The van der Waals surface area contributed by atoms with E-state index >= 15 is 0 Å². The maximum atomic E-state index is 13.2. The maximum absolute atomic E-state index is 13.2. The summed E-state index contributed by atoms with van der Waals surface area (Å²) < 4.78 is 16.0. The van der Waals surface area contributed by atoms with Crippen molar-refractivity contribution in [2.75, 3.05) is 12.4 Å². The quantitative estimate of drug-likeness (QED) is 0.371. The number of methoxy groups -OCH3 is 1. The number of thiophene rings is 1. The minimum absolute atomic E-state index is 0.168. The minimum Gasteiger partial charge on any atom is -0.497 e. The van der Waals surface area contributed by atoms with Gasteiger partial charge in [0.2, 0.25) is 5.82 Å². The van der Waals surface area contributed by atoms with Crippen LogP contribution in [0, 0.1) is 0 Å². The van der Waals surface area contributed by atoms with Gasteiger partial charge in [0.1, 0.15) is 10.8 Å². The van der Waals surface area contributed by atoms with Crippen molar-refractivity contribution in [2.24, 2.45) is 0 Å². The maximum Gasteiger partial charge on any atom is 0.341 e. The van der Waals surface area contributed by atoms with Gasteiger partial charge in [0.25, 0.3) is 11.8 Å². The number of carbonyl (C=O) groups excluding carboxylic acids is 2. The molecule has 4 aromatic rings. The highest BCUT2D eigenvalue weighted by Gasteiger charge is 2.28. The number of nitrogens with one attached hydrogen (secondary N) is 1. The molecule has 10 heteroatoms. The molecule has 1 aromatic carbocycles. The summed E-state index contributed by atoms with van der Waals surface area (Å²) in [6.45, 7) is -0.184. The Morgan fingerprint density at radius 2 is 2.06 bits per heavy atom. The van der Waals surface area contributed by atoms with Crippen molar-refractivity contribution in [2.45, 2.75) is 32.3 Å². The number of carbonyl (C=O) groups is 2. The Hall–Kier alpha value is -4.05. The molecule has 5 rings (SSSR count). The van der Waals surface area contributed by atoms with Gasteiger partial charge in [0.05, 0.1) is 18.2 Å². The van der Waals surface area contributed by atoms with Crippen LogP contribution in [0.15, 0.2) is 53.3 Å². The molecule has 0 fully saturated rings. The van der Waals surface area contributed by atoms with E-state index < -0.39 is 5.97 Å². The Labute approximate surface area is 205 Å². The Morgan fingerprint density at radius 3 is 2.89 bits per heavy atom. The third kappa shape index (κ3) is 4.92. The van der Waals surface area contributed by atoms with Crippen molar-refractivity contribution in [3.63, 3.8) is 0 Å². The molecular weight excluding hydrogens is 468 g/mol. The van der Waals surface area contributed by atoms with Gasteiger partial charge in [-0.25, -0.2) is 4.79 Å². The van der Waals surface area contributed by atoms with E-state index in [1.165, 1.54) is 17.5 Å². The van der Waals surface area contributed by atoms with Gasteiger partial charge >= 0.3 is 5.97 Å². The van der Waals surface area contributed by atoms with E-state index in [0.29, 0.717) is 27.7 Å². The number of hydrogen-bond donors (Lipinski definition) is 1. The number of aryl methyl sites for hydroxylation is 1. The van der Waals surface area contributed by atoms with E-state index in [0.717, 1.165) is 41.7 Å². The van der Waals surface area contributed by atoms with Gasteiger partial charge in [-0.3, -0.25) is 9.78 Å². The second kappa shape index (κ2) is 10.1. The summed E-state index contributed by atoms with van der Waals surface area (Å²) in [5.74, 6) is 0.342. The monoisotopic (exact) mass is 490 g/mol. The van der Waals surface area contributed by atoms with Crippen LogP contribution in [-0.4, -0.2) is 34.1 Å². The van der Waals surface area contributed by atoms with Crippen LogP contribution < -0.4 is 10.1 Å². The third-order valence-electron chi connectivity index (χ3n) is 5.65. The number of benzene rings is 1. The number of rotatable bonds is 7. The van der Waals surface area contributed by atoms with E-state index in [2.05, 4.69) is 20.4 Å². The number of nitrogens with zero attached hydrogens (tertiary/aromatic N) is 3. The molecule has 0 aliphatic heterocycles. The lowest BCUT2D eigenvalue weighted by Gasteiger charge is -2.12. The molecule has 1 amide bonds. The Kier molecular flexibility index (Phi) is 6.53. The highest BCUT2D eigenvalue weighted by Crippen LogP contribution is 2.39. The van der Waals surface area contributed by atoms with Crippen LogP contribution in [0.25, 0.3) is 11.4 Å². The Balaban J connectivity index is 1.33. The van der Waals surface area contributed by atoms with Crippen LogP contribution in [-0.2, 0) is 24.2 Å². The number of amides is 1. The topological polar surface area (TPSA) is 116 Å². The number of aromatic nitrogens is 3. The molecule has 0 unspecified atom stereocenters. The number of ether oxygens (including phenoxy) is 2. The van der Waals surface area contributed by atoms with Gasteiger partial charge < -0.3 is 19.3 Å². The summed E-state index contributed by atoms with van der Waals surface area (Å²) in [4.78, 5) is 35.3. The summed E-state index contributed by atoms with van der Waals surface area (Å²) >= 11 is 1.42. The van der Waals surface area contributed by atoms with Gasteiger partial charge in [0, 0.05) is 22.8 Å². The van der Waals surface area contributed by atoms with Crippen molar-refractivity contribution < 1.29 is 23.6 Å². The molecule has 9 nitrogen and oxygen atoms in total. The highest BCUT2D eigenvalue weighted by molar-refractivity contribution is 7.17. The number of esters is 1. The first kappa shape index (κ1) is 22.7. The number of hydrogen-bond acceptors (Lipinski definition) is 9. The Bertz CT molecular complexity index is 1370. The van der Waals surface area contributed by atoms with Crippen LogP contribution in [0.1, 0.15) is 49.9 Å². The predicted octanol–water partition coefficient (Wildman–Crippen LogP) is 4.69. The summed E-state index contributed by atoms with van der Waals surface area (Å²) in [5.41, 5.74) is 2.47. The highest BCUT2D eigenvalue weighted by atomic mass is 32.1. The zero-order valence-corrected chi connectivity index (χ0v) is 19.8. The average molecular weight is 491 g/mol. The van der Waals surface area contributed by atoms with Crippen molar-refractivity contribution >= 4 is 28.2 Å². The molecule has 3 heterocycles. The zero-order chi connectivity index (χ0) is 24.2.